The minimum atomic E-state index is -1.06. The lowest BCUT2D eigenvalue weighted by Gasteiger charge is -2.62. The van der Waals surface area contributed by atoms with Gasteiger partial charge >= 0.3 is 0 Å². The van der Waals surface area contributed by atoms with Gasteiger partial charge in [-0.2, -0.15) is 0 Å². The highest BCUT2D eigenvalue weighted by Gasteiger charge is 2.64. The molecule has 0 saturated heterocycles. The maximum Gasteiger partial charge on any atom is 0.126 e. The fourth-order valence-corrected chi connectivity index (χ4v) is 5.66. The van der Waals surface area contributed by atoms with Crippen LogP contribution >= 0.6 is 0 Å². The second kappa shape index (κ2) is 5.12. The van der Waals surface area contributed by atoms with Crippen LogP contribution in [0.15, 0.2) is 29.1 Å². The molecule has 4 nitrogen and oxygen atoms in total. The van der Waals surface area contributed by atoms with Crippen molar-refractivity contribution in [3.05, 3.63) is 30.2 Å². The number of fused-ring (bicyclic) bond motifs is 2. The van der Waals surface area contributed by atoms with Gasteiger partial charge in [0.15, 0.2) is 0 Å². The van der Waals surface area contributed by atoms with Gasteiger partial charge in [0.2, 0.25) is 0 Å². The minimum absolute atomic E-state index is 0.0796. The lowest BCUT2D eigenvalue weighted by atomic mass is 9.44. The Morgan fingerprint density at radius 2 is 2.00 bits per heavy atom. The van der Waals surface area contributed by atoms with E-state index in [1.807, 2.05) is 13.0 Å². The van der Waals surface area contributed by atoms with Crippen LogP contribution in [-0.4, -0.2) is 28.5 Å². The highest BCUT2D eigenvalue weighted by atomic mass is 16.5. The molecule has 4 heteroatoms. The number of rotatable bonds is 1. The van der Waals surface area contributed by atoms with Crippen molar-refractivity contribution >= 4 is 5.76 Å². The fraction of sp³-hybridized carbons (Fsp3) is 0.700. The SMILES string of the molecule is C[C@@H]1CC[C@]2(C)[C@H](CC[C@@H](O)[C@]2(C)O)[C@]12C=C(c1ccoc1)OC2. The Morgan fingerprint density at radius 3 is 2.71 bits per heavy atom. The summed E-state index contributed by atoms with van der Waals surface area (Å²) in [4.78, 5) is 0. The van der Waals surface area contributed by atoms with Crippen LogP contribution in [0.1, 0.15) is 52.0 Å². The van der Waals surface area contributed by atoms with Crippen molar-refractivity contribution in [3.63, 3.8) is 0 Å². The van der Waals surface area contributed by atoms with Gasteiger partial charge in [0.1, 0.15) is 12.0 Å². The average Bonchev–Trinajstić information content (AvgIpc) is 3.20. The van der Waals surface area contributed by atoms with E-state index < -0.39 is 11.7 Å². The van der Waals surface area contributed by atoms with Gasteiger partial charge in [-0.15, -0.1) is 0 Å². The lowest BCUT2D eigenvalue weighted by Crippen LogP contribution is -2.65. The molecule has 24 heavy (non-hydrogen) atoms. The van der Waals surface area contributed by atoms with E-state index in [-0.39, 0.29) is 10.8 Å². The van der Waals surface area contributed by atoms with Gasteiger partial charge in [-0.25, -0.2) is 0 Å². The Labute approximate surface area is 143 Å². The zero-order chi connectivity index (χ0) is 17.2. The van der Waals surface area contributed by atoms with Crippen LogP contribution in [-0.2, 0) is 4.74 Å². The van der Waals surface area contributed by atoms with Gasteiger partial charge in [0.05, 0.1) is 30.1 Å². The Hall–Kier alpha value is -1.26. The summed E-state index contributed by atoms with van der Waals surface area (Å²) < 4.78 is 11.3. The molecule has 6 atom stereocenters. The van der Waals surface area contributed by atoms with E-state index in [0.717, 1.165) is 30.6 Å². The first-order valence-corrected chi connectivity index (χ1v) is 9.10. The largest absolute Gasteiger partial charge is 0.492 e. The van der Waals surface area contributed by atoms with E-state index in [1.54, 1.807) is 12.5 Å². The normalized spacial score (nSPS) is 48.0. The van der Waals surface area contributed by atoms with E-state index in [1.165, 1.54) is 0 Å². The summed E-state index contributed by atoms with van der Waals surface area (Å²) in [6.07, 6.45) is 8.59. The topological polar surface area (TPSA) is 62.8 Å². The zero-order valence-electron chi connectivity index (χ0n) is 14.8. The summed E-state index contributed by atoms with van der Waals surface area (Å²) in [7, 11) is 0. The Morgan fingerprint density at radius 1 is 1.21 bits per heavy atom. The molecular weight excluding hydrogens is 304 g/mol. The quantitative estimate of drug-likeness (QED) is 0.825. The maximum atomic E-state index is 11.2. The van der Waals surface area contributed by atoms with Crippen molar-refractivity contribution in [2.75, 3.05) is 6.61 Å². The molecule has 2 heterocycles. The molecule has 2 saturated carbocycles. The number of furan rings is 1. The summed E-state index contributed by atoms with van der Waals surface area (Å²) in [6.45, 7) is 6.94. The summed E-state index contributed by atoms with van der Waals surface area (Å²) in [5.74, 6) is 1.69. The molecule has 1 aromatic heterocycles. The molecule has 1 spiro atoms. The van der Waals surface area contributed by atoms with Crippen LogP contribution in [0.3, 0.4) is 0 Å². The number of hydrogen-bond donors (Lipinski definition) is 2. The Kier molecular flexibility index (Phi) is 3.46. The third-order valence-corrected chi connectivity index (χ3v) is 7.65. The summed E-state index contributed by atoms with van der Waals surface area (Å²) in [6, 6.07) is 1.93. The van der Waals surface area contributed by atoms with Crippen LogP contribution in [0.25, 0.3) is 5.76 Å². The van der Waals surface area contributed by atoms with Crippen molar-refractivity contribution in [1.82, 2.24) is 0 Å². The maximum absolute atomic E-state index is 11.2. The lowest BCUT2D eigenvalue weighted by molar-refractivity contribution is -0.230. The summed E-state index contributed by atoms with van der Waals surface area (Å²) >= 11 is 0. The van der Waals surface area contributed by atoms with Crippen LogP contribution < -0.4 is 0 Å². The van der Waals surface area contributed by atoms with Crippen LogP contribution in [0, 0.1) is 22.7 Å². The van der Waals surface area contributed by atoms with Crippen molar-refractivity contribution < 1.29 is 19.4 Å². The molecule has 0 aromatic carbocycles. The van der Waals surface area contributed by atoms with E-state index in [0.29, 0.717) is 24.9 Å². The molecule has 0 radical (unpaired) electrons. The molecule has 3 aliphatic rings. The first-order chi connectivity index (χ1) is 11.3. The molecule has 2 aliphatic carbocycles. The van der Waals surface area contributed by atoms with Crippen LogP contribution in [0.5, 0.6) is 0 Å². The second-order valence-electron chi connectivity index (χ2n) is 8.57. The molecular formula is C20H28O4. The average molecular weight is 332 g/mol. The summed E-state index contributed by atoms with van der Waals surface area (Å²) in [5, 5.41) is 21.6. The van der Waals surface area contributed by atoms with Gasteiger partial charge in [-0.05, 0) is 56.6 Å². The zero-order valence-corrected chi connectivity index (χ0v) is 14.8. The van der Waals surface area contributed by atoms with Gasteiger partial charge in [-0.3, -0.25) is 0 Å². The standard InChI is InChI=1S/C20H28O4/c1-13-6-8-18(2)16(4-5-17(21)19(18,3)22)20(13)10-15(24-12-20)14-7-9-23-11-14/h7,9-11,13,16-17,21-22H,4-6,8,12H2,1-3H3/t13-,16+,17-,18-,19+,20+/m1/s1. The minimum Gasteiger partial charge on any atom is -0.492 e. The first kappa shape index (κ1) is 16.2. The van der Waals surface area contributed by atoms with E-state index in [2.05, 4.69) is 19.9 Å². The third-order valence-electron chi connectivity index (χ3n) is 7.65. The van der Waals surface area contributed by atoms with Crippen molar-refractivity contribution in [3.8, 4) is 0 Å². The molecule has 2 N–H and O–H groups in total. The van der Waals surface area contributed by atoms with Gasteiger partial charge in [0, 0.05) is 10.8 Å². The predicted molar refractivity (Wildman–Crippen MR) is 90.9 cm³/mol. The Balaban J connectivity index is 1.78. The predicted octanol–water partition coefficient (Wildman–Crippen LogP) is 3.60. The monoisotopic (exact) mass is 332 g/mol. The van der Waals surface area contributed by atoms with Gasteiger partial charge in [-0.1, -0.05) is 13.8 Å². The molecule has 2 fully saturated rings. The molecule has 0 bridgehead atoms. The highest BCUT2D eigenvalue weighted by molar-refractivity contribution is 5.61. The highest BCUT2D eigenvalue weighted by Crippen LogP contribution is 2.65. The third kappa shape index (κ3) is 1.93. The summed E-state index contributed by atoms with van der Waals surface area (Å²) in [5.41, 5.74) is -0.462. The number of aliphatic hydroxyl groups is 2. The van der Waals surface area contributed by atoms with Crippen molar-refractivity contribution in [2.24, 2.45) is 22.7 Å². The molecule has 4 rings (SSSR count). The molecule has 132 valence electrons. The molecule has 1 aromatic rings. The van der Waals surface area contributed by atoms with Crippen molar-refractivity contribution in [2.45, 2.75) is 58.2 Å². The number of ether oxygens (including phenoxy) is 1. The number of hydrogen-bond acceptors (Lipinski definition) is 4. The van der Waals surface area contributed by atoms with Crippen LogP contribution in [0.2, 0.25) is 0 Å². The molecule has 0 unspecified atom stereocenters. The smallest absolute Gasteiger partial charge is 0.126 e. The molecule has 0 amide bonds. The first-order valence-electron chi connectivity index (χ1n) is 9.10. The van der Waals surface area contributed by atoms with Crippen molar-refractivity contribution in [1.29, 1.82) is 0 Å². The number of aliphatic hydroxyl groups excluding tert-OH is 1. The second-order valence-corrected chi connectivity index (χ2v) is 8.57. The van der Waals surface area contributed by atoms with E-state index >= 15 is 0 Å². The fourth-order valence-electron chi connectivity index (χ4n) is 5.66. The van der Waals surface area contributed by atoms with Crippen LogP contribution in [0.4, 0.5) is 0 Å². The molecule has 1 aliphatic heterocycles. The van der Waals surface area contributed by atoms with Gasteiger partial charge in [0.25, 0.3) is 0 Å². The van der Waals surface area contributed by atoms with Gasteiger partial charge < -0.3 is 19.4 Å². The van der Waals surface area contributed by atoms with E-state index in [4.69, 9.17) is 9.15 Å². The van der Waals surface area contributed by atoms with E-state index in [9.17, 15) is 10.2 Å². The Bertz CT molecular complexity index is 647.